The number of allylic oxidation sites excluding steroid dienone is 2. The van der Waals surface area contributed by atoms with Crippen molar-refractivity contribution in [2.45, 2.75) is 70.1 Å². The Morgan fingerprint density at radius 3 is 2.68 bits per heavy atom. The van der Waals surface area contributed by atoms with Gasteiger partial charge in [0.15, 0.2) is 0 Å². The summed E-state index contributed by atoms with van der Waals surface area (Å²) in [6.07, 6.45) is 19.4. The molecule has 2 bridgehead atoms. The largest absolute Gasteiger partial charge is 0.0851 e. The Kier molecular flexibility index (Phi) is 3.03. The van der Waals surface area contributed by atoms with Gasteiger partial charge in [0.1, 0.15) is 0 Å². The second kappa shape index (κ2) is 4.98. The van der Waals surface area contributed by atoms with Gasteiger partial charge in [-0.25, -0.2) is 0 Å². The van der Waals surface area contributed by atoms with E-state index in [0.29, 0.717) is 5.41 Å². The van der Waals surface area contributed by atoms with E-state index in [-0.39, 0.29) is 0 Å². The highest BCUT2D eigenvalue weighted by molar-refractivity contribution is 5.41. The lowest BCUT2D eigenvalue weighted by Gasteiger charge is -2.41. The van der Waals surface area contributed by atoms with E-state index in [2.05, 4.69) is 30.4 Å². The van der Waals surface area contributed by atoms with Crippen molar-refractivity contribution < 1.29 is 0 Å². The molecule has 0 heteroatoms. The molecule has 22 heavy (non-hydrogen) atoms. The van der Waals surface area contributed by atoms with Crippen molar-refractivity contribution in [2.24, 2.45) is 17.3 Å². The fraction of sp³-hybridized carbons (Fsp3) is 0.636. The van der Waals surface area contributed by atoms with Crippen molar-refractivity contribution in [2.75, 3.05) is 0 Å². The smallest absolute Gasteiger partial charge is 0.0159 e. The normalized spacial score (nSPS) is 36.9. The summed E-state index contributed by atoms with van der Waals surface area (Å²) >= 11 is 0. The van der Waals surface area contributed by atoms with Crippen LogP contribution in [-0.2, 0) is 12.8 Å². The summed E-state index contributed by atoms with van der Waals surface area (Å²) in [7, 11) is 0. The van der Waals surface area contributed by atoms with Crippen LogP contribution in [-0.4, -0.2) is 0 Å². The third-order valence-corrected chi connectivity index (χ3v) is 7.40. The molecule has 0 saturated heterocycles. The Balaban J connectivity index is 1.47. The van der Waals surface area contributed by atoms with Crippen molar-refractivity contribution in [3.63, 3.8) is 0 Å². The maximum Gasteiger partial charge on any atom is -0.0159 e. The van der Waals surface area contributed by atoms with E-state index >= 15 is 0 Å². The van der Waals surface area contributed by atoms with Gasteiger partial charge in [-0.3, -0.25) is 0 Å². The first kappa shape index (κ1) is 13.4. The molecule has 2 saturated carbocycles. The predicted octanol–water partition coefficient (Wildman–Crippen LogP) is 5.81. The van der Waals surface area contributed by atoms with E-state index in [1.165, 1.54) is 64.2 Å². The minimum atomic E-state index is 0.637. The quantitative estimate of drug-likeness (QED) is 0.573. The Labute approximate surface area is 135 Å². The third-order valence-electron chi connectivity index (χ3n) is 7.40. The standard InChI is InChI=1S/C22H28/c1-2-5-17(6-3-1)20-8-4-7-18-15-22(12-11-21(18)20)14-16-9-10-19(22)13-16/h4,7-10,16-17,19H,1-3,5-6,11-15H2. The fourth-order valence-electron chi connectivity index (χ4n) is 6.31. The van der Waals surface area contributed by atoms with Gasteiger partial charge in [-0.2, -0.15) is 0 Å². The van der Waals surface area contributed by atoms with Crippen LogP contribution in [0, 0.1) is 17.3 Å². The van der Waals surface area contributed by atoms with Gasteiger partial charge in [0, 0.05) is 0 Å². The lowest BCUT2D eigenvalue weighted by atomic mass is 9.63. The molecular formula is C22H28. The lowest BCUT2D eigenvalue weighted by Crippen LogP contribution is -2.33. The van der Waals surface area contributed by atoms with Crippen LogP contribution in [0.4, 0.5) is 0 Å². The van der Waals surface area contributed by atoms with Gasteiger partial charge < -0.3 is 0 Å². The third kappa shape index (κ3) is 1.95. The maximum atomic E-state index is 2.56. The molecule has 0 heterocycles. The molecule has 0 aliphatic heterocycles. The Hall–Kier alpha value is -1.04. The molecule has 5 rings (SSSR count). The van der Waals surface area contributed by atoms with Crippen LogP contribution in [0.2, 0.25) is 0 Å². The monoisotopic (exact) mass is 292 g/mol. The molecule has 0 radical (unpaired) electrons. The van der Waals surface area contributed by atoms with Gasteiger partial charge in [-0.15, -0.1) is 0 Å². The molecule has 1 aromatic carbocycles. The average molecular weight is 292 g/mol. The molecular weight excluding hydrogens is 264 g/mol. The SMILES string of the molecule is C1=CC2CC1CC21CCc2c(cccc2C2CCCCC2)C1. The first-order chi connectivity index (χ1) is 10.8. The second-order valence-corrected chi connectivity index (χ2v) is 8.55. The Morgan fingerprint density at radius 1 is 1.00 bits per heavy atom. The topological polar surface area (TPSA) is 0 Å². The summed E-state index contributed by atoms with van der Waals surface area (Å²) in [5, 5.41) is 0. The van der Waals surface area contributed by atoms with E-state index in [1.807, 2.05) is 0 Å². The van der Waals surface area contributed by atoms with Crippen LogP contribution in [0.5, 0.6) is 0 Å². The van der Waals surface area contributed by atoms with E-state index in [4.69, 9.17) is 0 Å². The molecule has 116 valence electrons. The van der Waals surface area contributed by atoms with Crippen molar-refractivity contribution in [3.05, 3.63) is 47.0 Å². The van der Waals surface area contributed by atoms with Crippen molar-refractivity contribution in [3.8, 4) is 0 Å². The molecule has 2 fully saturated rings. The molecule has 1 spiro atoms. The van der Waals surface area contributed by atoms with Gasteiger partial charge in [-0.1, -0.05) is 49.6 Å². The zero-order chi connectivity index (χ0) is 14.6. The van der Waals surface area contributed by atoms with Crippen molar-refractivity contribution in [1.82, 2.24) is 0 Å². The first-order valence-corrected chi connectivity index (χ1v) is 9.63. The molecule has 1 aromatic rings. The average Bonchev–Trinajstić information content (AvgIpc) is 3.16. The number of fused-ring (bicyclic) bond motifs is 4. The van der Waals surface area contributed by atoms with Crippen molar-refractivity contribution in [1.29, 1.82) is 0 Å². The van der Waals surface area contributed by atoms with E-state index in [1.54, 1.807) is 16.7 Å². The number of rotatable bonds is 1. The number of hydrogen-bond acceptors (Lipinski definition) is 0. The molecule has 0 nitrogen and oxygen atoms in total. The summed E-state index contributed by atoms with van der Waals surface area (Å²) < 4.78 is 0. The Morgan fingerprint density at radius 2 is 1.91 bits per heavy atom. The van der Waals surface area contributed by atoms with Gasteiger partial charge >= 0.3 is 0 Å². The Bertz CT molecular complexity index is 604. The van der Waals surface area contributed by atoms with Crippen LogP contribution in [0.1, 0.15) is 74.0 Å². The predicted molar refractivity (Wildman–Crippen MR) is 92.1 cm³/mol. The van der Waals surface area contributed by atoms with E-state index < -0.39 is 0 Å². The summed E-state index contributed by atoms with van der Waals surface area (Å²) in [6.45, 7) is 0. The second-order valence-electron chi connectivity index (χ2n) is 8.55. The molecule has 0 aromatic heterocycles. The molecule has 0 amide bonds. The molecule has 4 aliphatic rings. The summed E-state index contributed by atoms with van der Waals surface area (Å²) in [4.78, 5) is 0. The van der Waals surface area contributed by atoms with E-state index in [9.17, 15) is 0 Å². The van der Waals surface area contributed by atoms with Gasteiger partial charge in [0.05, 0.1) is 0 Å². The zero-order valence-corrected chi connectivity index (χ0v) is 13.7. The van der Waals surface area contributed by atoms with Crippen LogP contribution in [0.15, 0.2) is 30.4 Å². The number of hydrogen-bond donors (Lipinski definition) is 0. The highest BCUT2D eigenvalue weighted by Crippen LogP contribution is 2.58. The molecule has 3 atom stereocenters. The summed E-state index contributed by atoms with van der Waals surface area (Å²) in [5.74, 6) is 2.68. The van der Waals surface area contributed by atoms with Crippen LogP contribution in [0.3, 0.4) is 0 Å². The van der Waals surface area contributed by atoms with Crippen LogP contribution < -0.4 is 0 Å². The number of benzene rings is 1. The minimum Gasteiger partial charge on any atom is -0.0851 e. The first-order valence-electron chi connectivity index (χ1n) is 9.63. The minimum absolute atomic E-state index is 0.637. The summed E-state index contributed by atoms with van der Waals surface area (Å²) in [5.41, 5.74) is 5.87. The van der Waals surface area contributed by atoms with Crippen LogP contribution >= 0.6 is 0 Å². The maximum absolute atomic E-state index is 2.56. The molecule has 3 unspecified atom stereocenters. The van der Waals surface area contributed by atoms with Crippen molar-refractivity contribution >= 4 is 0 Å². The molecule has 0 N–H and O–H groups in total. The lowest BCUT2D eigenvalue weighted by molar-refractivity contribution is 0.194. The highest BCUT2D eigenvalue weighted by atomic mass is 14.5. The fourth-order valence-corrected chi connectivity index (χ4v) is 6.31. The van der Waals surface area contributed by atoms with Crippen LogP contribution in [0.25, 0.3) is 0 Å². The zero-order valence-electron chi connectivity index (χ0n) is 13.7. The summed E-state index contributed by atoms with van der Waals surface area (Å²) in [6, 6.07) is 7.29. The van der Waals surface area contributed by atoms with E-state index in [0.717, 1.165) is 17.8 Å². The van der Waals surface area contributed by atoms with Gasteiger partial charge in [0.25, 0.3) is 0 Å². The van der Waals surface area contributed by atoms with Gasteiger partial charge in [0.2, 0.25) is 0 Å². The highest BCUT2D eigenvalue weighted by Gasteiger charge is 2.49. The van der Waals surface area contributed by atoms with Gasteiger partial charge in [-0.05, 0) is 84.8 Å². The molecule has 4 aliphatic carbocycles.